The summed E-state index contributed by atoms with van der Waals surface area (Å²) in [6, 6.07) is -1.20. The Bertz CT molecular complexity index is 341. The highest BCUT2D eigenvalue weighted by atomic mass is 32.2. The molecular formula is C9H20N2O6S. The smallest absolute Gasteiger partial charge is 0.320 e. The lowest BCUT2D eigenvalue weighted by Crippen LogP contribution is -2.36. The van der Waals surface area contributed by atoms with Gasteiger partial charge >= 0.3 is 5.97 Å². The second-order valence-electron chi connectivity index (χ2n) is 3.97. The highest BCUT2D eigenvalue weighted by molar-refractivity contribution is 7.89. The number of nitrogens with one attached hydrogen (secondary N) is 1. The average molecular weight is 284 g/mol. The molecule has 6 N–H and O–H groups in total. The number of sulfonamides is 1. The van der Waals surface area contributed by atoms with Gasteiger partial charge < -0.3 is 21.1 Å². The van der Waals surface area contributed by atoms with E-state index in [-0.39, 0.29) is 37.9 Å². The van der Waals surface area contributed by atoms with Crippen LogP contribution in [0.3, 0.4) is 0 Å². The zero-order valence-electron chi connectivity index (χ0n) is 9.95. The molecule has 0 aromatic rings. The molecule has 8 nitrogen and oxygen atoms in total. The first-order valence-electron chi connectivity index (χ1n) is 5.49. The van der Waals surface area contributed by atoms with Gasteiger partial charge in [0, 0.05) is 25.7 Å². The van der Waals surface area contributed by atoms with Gasteiger partial charge in [-0.1, -0.05) is 0 Å². The standard InChI is InChI=1S/C9H20N2O6S/c10-8(9(14)15)2-4-18(16,17)11-3-1-7(5-12)6-13/h7-8,11-13H,1-6,10H2,(H,14,15)/t8-/m0/s1. The molecule has 0 aliphatic heterocycles. The summed E-state index contributed by atoms with van der Waals surface area (Å²) in [5.41, 5.74) is 5.19. The van der Waals surface area contributed by atoms with Crippen LogP contribution in [0.1, 0.15) is 12.8 Å². The number of aliphatic hydroxyl groups excluding tert-OH is 2. The summed E-state index contributed by atoms with van der Waals surface area (Å²) in [6.07, 6.45) is 0.130. The van der Waals surface area contributed by atoms with Crippen LogP contribution in [-0.2, 0) is 14.8 Å². The van der Waals surface area contributed by atoms with E-state index in [9.17, 15) is 13.2 Å². The molecule has 0 radical (unpaired) electrons. The molecule has 108 valence electrons. The first-order chi connectivity index (χ1) is 8.32. The Balaban J connectivity index is 3.98. The monoisotopic (exact) mass is 284 g/mol. The predicted octanol–water partition coefficient (Wildman–Crippen LogP) is -2.30. The maximum absolute atomic E-state index is 11.4. The van der Waals surface area contributed by atoms with Gasteiger partial charge in [0.1, 0.15) is 6.04 Å². The highest BCUT2D eigenvalue weighted by Gasteiger charge is 2.17. The average Bonchev–Trinajstić information content (AvgIpc) is 2.31. The third kappa shape index (κ3) is 7.56. The van der Waals surface area contributed by atoms with E-state index in [2.05, 4.69) is 4.72 Å². The van der Waals surface area contributed by atoms with Gasteiger partial charge in [0.25, 0.3) is 0 Å². The number of hydrogen-bond donors (Lipinski definition) is 5. The van der Waals surface area contributed by atoms with Gasteiger partial charge in [-0.2, -0.15) is 0 Å². The Kier molecular flexibility index (Phi) is 8.03. The fourth-order valence-electron chi connectivity index (χ4n) is 1.14. The van der Waals surface area contributed by atoms with Gasteiger partial charge in [-0.05, 0) is 12.8 Å². The molecule has 9 heteroatoms. The van der Waals surface area contributed by atoms with Crippen LogP contribution in [0.5, 0.6) is 0 Å². The van der Waals surface area contributed by atoms with Crippen LogP contribution >= 0.6 is 0 Å². The summed E-state index contributed by atoms with van der Waals surface area (Å²) < 4.78 is 25.1. The van der Waals surface area contributed by atoms with Crippen molar-refractivity contribution in [2.75, 3.05) is 25.5 Å². The molecule has 1 atom stereocenters. The Hall–Kier alpha value is -0.740. The van der Waals surface area contributed by atoms with E-state index in [0.29, 0.717) is 6.42 Å². The van der Waals surface area contributed by atoms with Crippen molar-refractivity contribution >= 4 is 16.0 Å². The molecule has 0 bridgehead atoms. The molecule has 0 amide bonds. The van der Waals surface area contributed by atoms with Crippen LogP contribution < -0.4 is 10.5 Å². The Morgan fingerprint density at radius 3 is 2.22 bits per heavy atom. The Labute approximate surface area is 106 Å². The minimum atomic E-state index is -3.58. The zero-order valence-corrected chi connectivity index (χ0v) is 10.8. The molecule has 0 aliphatic rings. The van der Waals surface area contributed by atoms with E-state index < -0.39 is 22.0 Å². The summed E-state index contributed by atoms with van der Waals surface area (Å²) in [7, 11) is -3.58. The van der Waals surface area contributed by atoms with Gasteiger partial charge in [0.05, 0.1) is 5.75 Å². The maximum Gasteiger partial charge on any atom is 0.320 e. The molecule has 0 saturated carbocycles. The Morgan fingerprint density at radius 1 is 1.22 bits per heavy atom. The first-order valence-corrected chi connectivity index (χ1v) is 7.15. The van der Waals surface area contributed by atoms with Crippen molar-refractivity contribution in [1.29, 1.82) is 0 Å². The zero-order chi connectivity index (χ0) is 14.2. The third-order valence-electron chi connectivity index (χ3n) is 2.41. The number of aliphatic hydroxyl groups is 2. The maximum atomic E-state index is 11.4. The number of carbonyl (C=O) groups is 1. The van der Waals surface area contributed by atoms with E-state index in [1.807, 2.05) is 0 Å². The molecule has 0 spiro atoms. The van der Waals surface area contributed by atoms with Crippen molar-refractivity contribution in [2.45, 2.75) is 18.9 Å². The molecule has 0 aliphatic carbocycles. The number of carboxylic acids is 1. The SMILES string of the molecule is N[C@@H](CCS(=O)(=O)NCCC(CO)CO)C(=O)O. The van der Waals surface area contributed by atoms with Gasteiger partial charge in [-0.3, -0.25) is 4.79 Å². The summed E-state index contributed by atoms with van der Waals surface area (Å²) in [6.45, 7) is -0.360. The predicted molar refractivity (Wildman–Crippen MR) is 64.3 cm³/mol. The molecule has 18 heavy (non-hydrogen) atoms. The van der Waals surface area contributed by atoms with Crippen molar-refractivity contribution in [2.24, 2.45) is 11.7 Å². The number of carboxylic acid groups (broad SMARTS) is 1. The first kappa shape index (κ1) is 17.3. The summed E-state index contributed by atoms with van der Waals surface area (Å²) in [4.78, 5) is 10.4. The summed E-state index contributed by atoms with van der Waals surface area (Å²) in [5.74, 6) is -1.98. The van der Waals surface area contributed by atoms with Crippen LogP contribution in [0.25, 0.3) is 0 Å². The van der Waals surface area contributed by atoms with Crippen molar-refractivity contribution in [3.63, 3.8) is 0 Å². The minimum absolute atomic E-state index is 0.0798. The van der Waals surface area contributed by atoms with E-state index in [1.165, 1.54) is 0 Å². The molecule has 0 heterocycles. The third-order valence-corrected chi connectivity index (χ3v) is 3.82. The molecule has 0 unspecified atom stereocenters. The molecule has 0 fully saturated rings. The molecular weight excluding hydrogens is 264 g/mol. The van der Waals surface area contributed by atoms with Gasteiger partial charge in [0.2, 0.25) is 10.0 Å². The van der Waals surface area contributed by atoms with Crippen molar-refractivity contribution in [1.82, 2.24) is 4.72 Å². The van der Waals surface area contributed by atoms with E-state index in [4.69, 9.17) is 21.1 Å². The van der Waals surface area contributed by atoms with Crippen molar-refractivity contribution in [3.05, 3.63) is 0 Å². The lowest BCUT2D eigenvalue weighted by molar-refractivity contribution is -0.138. The van der Waals surface area contributed by atoms with Crippen LogP contribution in [0.15, 0.2) is 0 Å². The molecule has 0 aromatic carbocycles. The normalized spacial score (nSPS) is 13.8. The highest BCUT2D eigenvalue weighted by Crippen LogP contribution is 2.00. The van der Waals surface area contributed by atoms with Gasteiger partial charge in [0.15, 0.2) is 0 Å². The summed E-state index contributed by atoms with van der Waals surface area (Å²) in [5, 5.41) is 26.0. The van der Waals surface area contributed by atoms with Crippen molar-refractivity contribution < 1.29 is 28.5 Å². The largest absolute Gasteiger partial charge is 0.480 e. The van der Waals surface area contributed by atoms with E-state index in [1.54, 1.807) is 0 Å². The van der Waals surface area contributed by atoms with Crippen LogP contribution in [0, 0.1) is 5.92 Å². The summed E-state index contributed by atoms with van der Waals surface area (Å²) >= 11 is 0. The van der Waals surface area contributed by atoms with Gasteiger partial charge in [-0.25, -0.2) is 13.1 Å². The van der Waals surface area contributed by atoms with Crippen LogP contribution in [0.2, 0.25) is 0 Å². The van der Waals surface area contributed by atoms with E-state index in [0.717, 1.165) is 0 Å². The second kappa shape index (κ2) is 8.38. The van der Waals surface area contributed by atoms with Gasteiger partial charge in [-0.15, -0.1) is 0 Å². The fraction of sp³-hybridized carbons (Fsp3) is 0.889. The molecule has 0 rings (SSSR count). The second-order valence-corrected chi connectivity index (χ2v) is 5.89. The quantitative estimate of drug-likeness (QED) is 0.302. The Morgan fingerprint density at radius 2 is 1.78 bits per heavy atom. The lowest BCUT2D eigenvalue weighted by atomic mass is 10.1. The number of aliphatic carboxylic acids is 1. The number of nitrogens with two attached hydrogens (primary N) is 1. The minimum Gasteiger partial charge on any atom is -0.480 e. The van der Waals surface area contributed by atoms with Crippen LogP contribution in [-0.4, -0.2) is 61.3 Å². The molecule has 0 saturated heterocycles. The van der Waals surface area contributed by atoms with E-state index >= 15 is 0 Å². The topological polar surface area (TPSA) is 150 Å². The number of hydrogen-bond acceptors (Lipinski definition) is 6. The number of rotatable bonds is 10. The van der Waals surface area contributed by atoms with Crippen molar-refractivity contribution in [3.8, 4) is 0 Å². The fourth-order valence-corrected chi connectivity index (χ4v) is 2.27. The lowest BCUT2D eigenvalue weighted by Gasteiger charge is -2.12. The van der Waals surface area contributed by atoms with Crippen LogP contribution in [0.4, 0.5) is 0 Å². The molecule has 0 aromatic heterocycles.